The minimum absolute atomic E-state index is 0.113. The number of pyridine rings is 1. The number of carbonyl (C=O) groups is 1. The first-order chi connectivity index (χ1) is 13.0. The highest BCUT2D eigenvalue weighted by Crippen LogP contribution is 2.30. The number of hydrogen-bond acceptors (Lipinski definition) is 5. The molecular weight excluding hydrogens is 387 g/mol. The molecule has 0 fully saturated rings. The van der Waals surface area contributed by atoms with Crippen LogP contribution in [0.25, 0.3) is 22.6 Å². The fourth-order valence-electron chi connectivity index (χ4n) is 2.56. The van der Waals surface area contributed by atoms with E-state index >= 15 is 0 Å². The number of amides is 1. The van der Waals surface area contributed by atoms with Gasteiger partial charge in [0.05, 0.1) is 22.9 Å². The zero-order valence-corrected chi connectivity index (χ0v) is 15.5. The van der Waals surface area contributed by atoms with E-state index in [1.54, 1.807) is 24.4 Å². The van der Waals surface area contributed by atoms with Crippen LogP contribution in [0.2, 0.25) is 10.2 Å². The summed E-state index contributed by atoms with van der Waals surface area (Å²) >= 11 is 12.1. The Bertz CT molecular complexity index is 1170. The molecule has 9 heteroatoms. The van der Waals surface area contributed by atoms with Gasteiger partial charge in [-0.25, -0.2) is 15.0 Å². The van der Waals surface area contributed by atoms with Gasteiger partial charge in [0.25, 0.3) is 5.91 Å². The maximum absolute atomic E-state index is 12.3. The highest BCUT2D eigenvalue weighted by Gasteiger charge is 2.13. The van der Waals surface area contributed by atoms with Crippen LogP contribution in [0.15, 0.2) is 42.9 Å². The van der Waals surface area contributed by atoms with E-state index in [0.29, 0.717) is 27.7 Å². The van der Waals surface area contributed by atoms with Crippen LogP contribution < -0.4 is 5.32 Å². The summed E-state index contributed by atoms with van der Waals surface area (Å²) in [4.78, 5) is 32.1. The largest absolute Gasteiger partial charge is 0.337 e. The Labute approximate surface area is 163 Å². The van der Waals surface area contributed by atoms with Crippen molar-refractivity contribution in [3.05, 3.63) is 64.3 Å². The van der Waals surface area contributed by atoms with Crippen molar-refractivity contribution in [3.8, 4) is 11.4 Å². The SMILES string of the molecule is Cc1cnc2nc(-c3cc(NC(=O)c4cncc(Cl)n4)ccc3Cl)[nH]c2c1. The van der Waals surface area contributed by atoms with Gasteiger partial charge in [0.1, 0.15) is 16.7 Å². The second-order valence-corrected chi connectivity index (χ2v) is 6.64. The van der Waals surface area contributed by atoms with Gasteiger partial charge in [0, 0.05) is 17.4 Å². The van der Waals surface area contributed by atoms with Gasteiger partial charge < -0.3 is 10.3 Å². The summed E-state index contributed by atoms with van der Waals surface area (Å²) in [5.74, 6) is 0.131. The van der Waals surface area contributed by atoms with Gasteiger partial charge in [0.15, 0.2) is 5.65 Å². The number of benzene rings is 1. The van der Waals surface area contributed by atoms with E-state index in [1.165, 1.54) is 12.4 Å². The molecule has 7 nitrogen and oxygen atoms in total. The second kappa shape index (κ2) is 6.94. The topological polar surface area (TPSA) is 96.5 Å². The number of H-pyrrole nitrogens is 1. The predicted molar refractivity (Wildman–Crippen MR) is 104 cm³/mol. The van der Waals surface area contributed by atoms with Crippen LogP contribution in [0, 0.1) is 6.92 Å². The normalized spacial score (nSPS) is 10.9. The molecule has 4 rings (SSSR count). The summed E-state index contributed by atoms with van der Waals surface area (Å²) in [5, 5.41) is 3.38. The first-order valence-corrected chi connectivity index (χ1v) is 8.66. The molecule has 0 aliphatic carbocycles. The number of imidazole rings is 1. The van der Waals surface area contributed by atoms with E-state index in [-0.39, 0.29) is 10.8 Å². The van der Waals surface area contributed by atoms with Crippen molar-refractivity contribution in [2.45, 2.75) is 6.92 Å². The van der Waals surface area contributed by atoms with Gasteiger partial charge in [-0.05, 0) is 36.8 Å². The average molecular weight is 399 g/mol. The number of fused-ring (bicyclic) bond motifs is 1. The number of nitrogens with one attached hydrogen (secondary N) is 2. The number of aromatic amines is 1. The molecule has 0 bridgehead atoms. The van der Waals surface area contributed by atoms with Gasteiger partial charge in [-0.3, -0.25) is 9.78 Å². The lowest BCUT2D eigenvalue weighted by atomic mass is 10.2. The maximum Gasteiger partial charge on any atom is 0.275 e. The van der Waals surface area contributed by atoms with Gasteiger partial charge in [-0.2, -0.15) is 0 Å². The van der Waals surface area contributed by atoms with Crippen LogP contribution in [0.4, 0.5) is 5.69 Å². The molecule has 0 aliphatic rings. The summed E-state index contributed by atoms with van der Waals surface area (Å²) in [6.45, 7) is 1.95. The Morgan fingerprint density at radius 3 is 2.78 bits per heavy atom. The van der Waals surface area contributed by atoms with E-state index in [2.05, 4.69) is 30.2 Å². The Morgan fingerprint density at radius 2 is 1.96 bits per heavy atom. The van der Waals surface area contributed by atoms with Crippen LogP contribution in [0.3, 0.4) is 0 Å². The van der Waals surface area contributed by atoms with Crippen LogP contribution >= 0.6 is 23.2 Å². The van der Waals surface area contributed by atoms with Gasteiger partial charge in [-0.1, -0.05) is 23.2 Å². The van der Waals surface area contributed by atoms with Crippen LogP contribution in [0.1, 0.15) is 16.1 Å². The van der Waals surface area contributed by atoms with Crippen molar-refractivity contribution < 1.29 is 4.79 Å². The molecule has 3 heterocycles. The molecule has 134 valence electrons. The maximum atomic E-state index is 12.3. The first-order valence-electron chi connectivity index (χ1n) is 7.91. The second-order valence-electron chi connectivity index (χ2n) is 5.85. The molecule has 0 saturated heterocycles. The lowest BCUT2D eigenvalue weighted by Gasteiger charge is -2.07. The summed E-state index contributed by atoms with van der Waals surface area (Å²) in [6, 6.07) is 7.05. The summed E-state index contributed by atoms with van der Waals surface area (Å²) in [6.07, 6.45) is 4.44. The van der Waals surface area contributed by atoms with E-state index < -0.39 is 5.91 Å². The van der Waals surface area contributed by atoms with Crippen molar-refractivity contribution in [2.24, 2.45) is 0 Å². The smallest absolute Gasteiger partial charge is 0.275 e. The van der Waals surface area contributed by atoms with E-state index in [4.69, 9.17) is 23.2 Å². The van der Waals surface area contributed by atoms with Crippen molar-refractivity contribution in [1.82, 2.24) is 24.9 Å². The quantitative estimate of drug-likeness (QED) is 0.536. The Morgan fingerprint density at radius 1 is 1.11 bits per heavy atom. The first kappa shape index (κ1) is 17.4. The number of carbonyl (C=O) groups excluding carboxylic acids is 1. The zero-order chi connectivity index (χ0) is 19.0. The van der Waals surface area contributed by atoms with E-state index in [0.717, 1.165) is 11.1 Å². The van der Waals surface area contributed by atoms with Crippen molar-refractivity contribution in [1.29, 1.82) is 0 Å². The average Bonchev–Trinajstić information content (AvgIpc) is 3.06. The molecule has 1 amide bonds. The number of aryl methyl sites for hydroxylation is 1. The van der Waals surface area contributed by atoms with E-state index in [9.17, 15) is 4.79 Å². The number of nitrogens with zero attached hydrogens (tertiary/aromatic N) is 4. The Hall–Kier alpha value is -3.03. The number of rotatable bonds is 3. The fourth-order valence-corrected chi connectivity index (χ4v) is 2.92. The van der Waals surface area contributed by atoms with Gasteiger partial charge in [-0.15, -0.1) is 0 Å². The van der Waals surface area contributed by atoms with Gasteiger partial charge >= 0.3 is 0 Å². The number of anilines is 1. The number of aromatic nitrogens is 5. The third kappa shape index (κ3) is 3.60. The molecule has 2 N–H and O–H groups in total. The highest BCUT2D eigenvalue weighted by atomic mass is 35.5. The molecular formula is C18H12Cl2N6O. The molecule has 0 saturated carbocycles. The minimum Gasteiger partial charge on any atom is -0.337 e. The molecule has 27 heavy (non-hydrogen) atoms. The van der Waals surface area contributed by atoms with Crippen molar-refractivity contribution in [3.63, 3.8) is 0 Å². The van der Waals surface area contributed by atoms with Crippen molar-refractivity contribution in [2.75, 3.05) is 5.32 Å². The summed E-state index contributed by atoms with van der Waals surface area (Å²) in [7, 11) is 0. The molecule has 0 aliphatic heterocycles. The van der Waals surface area contributed by atoms with Gasteiger partial charge in [0.2, 0.25) is 0 Å². The summed E-state index contributed by atoms with van der Waals surface area (Å²) in [5.41, 5.74) is 3.71. The minimum atomic E-state index is -0.430. The molecule has 0 unspecified atom stereocenters. The van der Waals surface area contributed by atoms with Crippen LogP contribution in [-0.2, 0) is 0 Å². The van der Waals surface area contributed by atoms with Crippen LogP contribution in [0.5, 0.6) is 0 Å². The third-order valence-electron chi connectivity index (χ3n) is 3.79. The highest BCUT2D eigenvalue weighted by molar-refractivity contribution is 6.33. The molecule has 4 aromatic rings. The number of halogens is 2. The Kier molecular flexibility index (Phi) is 4.47. The Balaban J connectivity index is 1.67. The fraction of sp³-hybridized carbons (Fsp3) is 0.0556. The predicted octanol–water partition coefficient (Wildman–Crippen LogP) is 4.28. The monoisotopic (exact) mass is 398 g/mol. The standard InChI is InChI=1S/C18H12Cl2N6O/c1-9-4-13-17(22-6-9)26-16(25-13)11-5-10(2-3-12(11)19)23-18(27)14-7-21-8-15(20)24-14/h2-8H,1H3,(H,23,27)(H,22,25,26). The molecule has 1 aromatic carbocycles. The molecule has 0 atom stereocenters. The number of hydrogen-bond donors (Lipinski definition) is 2. The zero-order valence-electron chi connectivity index (χ0n) is 14.0. The molecule has 0 spiro atoms. The van der Waals surface area contributed by atoms with E-state index in [1.807, 2.05) is 13.0 Å². The molecule has 0 radical (unpaired) electrons. The van der Waals surface area contributed by atoms with Crippen molar-refractivity contribution >= 4 is 46.0 Å². The molecule has 3 aromatic heterocycles. The lowest BCUT2D eigenvalue weighted by molar-refractivity contribution is 0.102. The summed E-state index contributed by atoms with van der Waals surface area (Å²) < 4.78 is 0. The third-order valence-corrected chi connectivity index (χ3v) is 4.30. The lowest BCUT2D eigenvalue weighted by Crippen LogP contribution is -2.14. The van der Waals surface area contributed by atoms with Crippen LogP contribution in [-0.4, -0.2) is 30.8 Å².